The van der Waals surface area contributed by atoms with Gasteiger partial charge in [0.2, 0.25) is 5.91 Å². The summed E-state index contributed by atoms with van der Waals surface area (Å²) in [5.74, 6) is -1.03. The van der Waals surface area contributed by atoms with Gasteiger partial charge in [0.15, 0.2) is 5.78 Å². The first-order chi connectivity index (χ1) is 14.3. The van der Waals surface area contributed by atoms with Crippen molar-refractivity contribution in [2.75, 3.05) is 7.11 Å². The molecule has 2 atom stereocenters. The van der Waals surface area contributed by atoms with Crippen molar-refractivity contribution in [1.82, 2.24) is 5.32 Å². The van der Waals surface area contributed by atoms with Crippen LogP contribution in [0.4, 0.5) is 13.2 Å². The van der Waals surface area contributed by atoms with Gasteiger partial charge in [0.05, 0.1) is 12.7 Å². The number of allylic oxidation sites excluding steroid dienone is 2. The molecular formula is C23H20F3NO3. The van der Waals surface area contributed by atoms with Crippen LogP contribution in [0.25, 0.3) is 0 Å². The van der Waals surface area contributed by atoms with Gasteiger partial charge < -0.3 is 10.1 Å². The van der Waals surface area contributed by atoms with E-state index < -0.39 is 17.7 Å². The number of nitrogens with one attached hydrogen (secondary N) is 1. The number of ketones is 1. The van der Waals surface area contributed by atoms with Crippen LogP contribution >= 0.6 is 0 Å². The van der Waals surface area contributed by atoms with Crippen LogP contribution in [0.15, 0.2) is 59.8 Å². The molecule has 2 aromatic rings. The van der Waals surface area contributed by atoms with Crippen molar-refractivity contribution in [3.8, 4) is 5.75 Å². The number of benzene rings is 2. The monoisotopic (exact) mass is 415 g/mol. The number of amides is 1. The Morgan fingerprint density at radius 2 is 1.77 bits per heavy atom. The van der Waals surface area contributed by atoms with Crippen molar-refractivity contribution >= 4 is 11.7 Å². The fourth-order valence-corrected chi connectivity index (χ4v) is 4.42. The first-order valence-corrected chi connectivity index (χ1v) is 9.64. The molecule has 1 N–H and O–H groups in total. The number of ether oxygens (including phenoxy) is 1. The van der Waals surface area contributed by atoms with Crippen molar-refractivity contribution in [2.24, 2.45) is 0 Å². The van der Waals surface area contributed by atoms with Crippen LogP contribution in [0.3, 0.4) is 0 Å². The molecule has 4 rings (SSSR count). The highest BCUT2D eigenvalue weighted by Crippen LogP contribution is 2.45. The third-order valence-electron chi connectivity index (χ3n) is 5.74. The van der Waals surface area contributed by atoms with Gasteiger partial charge in [-0.15, -0.1) is 0 Å². The van der Waals surface area contributed by atoms with E-state index in [4.69, 9.17) is 4.74 Å². The van der Waals surface area contributed by atoms with E-state index in [9.17, 15) is 22.8 Å². The van der Waals surface area contributed by atoms with Crippen molar-refractivity contribution in [1.29, 1.82) is 0 Å². The lowest BCUT2D eigenvalue weighted by molar-refractivity contribution is -0.138. The molecule has 1 aliphatic carbocycles. The molecule has 1 amide bonds. The average molecular weight is 415 g/mol. The molecule has 156 valence electrons. The minimum atomic E-state index is -4.56. The van der Waals surface area contributed by atoms with E-state index >= 15 is 0 Å². The number of carbonyl (C=O) groups is 2. The van der Waals surface area contributed by atoms with Crippen LogP contribution < -0.4 is 10.1 Å². The van der Waals surface area contributed by atoms with E-state index in [1.54, 1.807) is 13.2 Å². The number of rotatable bonds is 3. The van der Waals surface area contributed by atoms with Gasteiger partial charge in [-0.1, -0.05) is 30.3 Å². The van der Waals surface area contributed by atoms with Crippen LogP contribution in [-0.2, 0) is 15.8 Å². The van der Waals surface area contributed by atoms with Crippen LogP contribution in [-0.4, -0.2) is 18.8 Å². The Morgan fingerprint density at radius 1 is 1.00 bits per heavy atom. The molecule has 0 radical (unpaired) electrons. The molecule has 4 nitrogen and oxygen atoms in total. The molecule has 2 unspecified atom stereocenters. The lowest BCUT2D eigenvalue weighted by Crippen LogP contribution is -2.38. The van der Waals surface area contributed by atoms with E-state index in [-0.39, 0.29) is 36.0 Å². The summed E-state index contributed by atoms with van der Waals surface area (Å²) in [6.07, 6.45) is -4.19. The summed E-state index contributed by atoms with van der Waals surface area (Å²) >= 11 is 0. The SMILES string of the molecule is COc1cccc(C2CC(=O)C3=C(C2)NC(=O)CC3c2ccccc2C(F)(F)F)c1. The Bertz CT molecular complexity index is 1040. The standard InChI is InChI=1S/C23H20F3NO3/c1-30-15-6-4-5-13(9-15)14-10-19-22(20(28)11-14)17(12-21(29)27-19)16-7-2-3-8-18(16)23(24,25)26/h2-9,14,17H,10-12H2,1H3,(H,27,29). The summed E-state index contributed by atoms with van der Waals surface area (Å²) in [6.45, 7) is 0. The first kappa shape index (κ1) is 20.2. The number of methoxy groups -OCH3 is 1. The highest BCUT2D eigenvalue weighted by molar-refractivity contribution is 6.02. The maximum Gasteiger partial charge on any atom is 0.416 e. The van der Waals surface area contributed by atoms with Gasteiger partial charge in [0, 0.05) is 30.0 Å². The summed E-state index contributed by atoms with van der Waals surface area (Å²) in [5, 5.41) is 2.74. The molecule has 30 heavy (non-hydrogen) atoms. The molecular weight excluding hydrogens is 395 g/mol. The molecule has 0 aromatic heterocycles. The molecule has 0 fully saturated rings. The van der Waals surface area contributed by atoms with Gasteiger partial charge in [-0.05, 0) is 41.7 Å². The minimum absolute atomic E-state index is 0.0273. The second kappa shape index (κ2) is 7.63. The Kier molecular flexibility index (Phi) is 5.13. The lowest BCUT2D eigenvalue weighted by Gasteiger charge is -2.35. The van der Waals surface area contributed by atoms with Gasteiger partial charge in [-0.25, -0.2) is 0 Å². The summed E-state index contributed by atoms with van der Waals surface area (Å²) in [7, 11) is 1.55. The second-order valence-electron chi connectivity index (χ2n) is 7.59. The molecule has 2 aliphatic rings. The first-order valence-electron chi connectivity index (χ1n) is 9.64. The lowest BCUT2D eigenvalue weighted by atomic mass is 9.72. The predicted octanol–water partition coefficient (Wildman–Crippen LogP) is 4.72. The van der Waals surface area contributed by atoms with E-state index in [1.165, 1.54) is 18.2 Å². The maximum absolute atomic E-state index is 13.6. The summed E-state index contributed by atoms with van der Waals surface area (Å²) in [4.78, 5) is 25.5. The highest BCUT2D eigenvalue weighted by Gasteiger charge is 2.42. The minimum Gasteiger partial charge on any atom is -0.497 e. The summed E-state index contributed by atoms with van der Waals surface area (Å²) in [6, 6.07) is 12.5. The molecule has 1 heterocycles. The van der Waals surface area contributed by atoms with E-state index in [0.29, 0.717) is 23.4 Å². The number of hydrogen-bond donors (Lipinski definition) is 1. The quantitative estimate of drug-likeness (QED) is 0.789. The predicted molar refractivity (Wildman–Crippen MR) is 104 cm³/mol. The Hall–Kier alpha value is -3.09. The molecule has 0 saturated heterocycles. The smallest absolute Gasteiger partial charge is 0.416 e. The van der Waals surface area contributed by atoms with Crippen molar-refractivity contribution in [2.45, 2.75) is 37.3 Å². The Morgan fingerprint density at radius 3 is 2.50 bits per heavy atom. The Labute approximate surface area is 171 Å². The molecule has 0 saturated carbocycles. The molecule has 7 heteroatoms. The molecule has 2 aromatic carbocycles. The van der Waals surface area contributed by atoms with Crippen molar-refractivity contribution in [3.63, 3.8) is 0 Å². The molecule has 0 bridgehead atoms. The highest BCUT2D eigenvalue weighted by atomic mass is 19.4. The zero-order chi connectivity index (χ0) is 21.5. The molecule has 1 aliphatic heterocycles. The third-order valence-corrected chi connectivity index (χ3v) is 5.74. The van der Waals surface area contributed by atoms with Crippen LogP contribution in [0, 0.1) is 0 Å². The number of Topliss-reactive ketones (excluding diaryl/α,β-unsaturated/α-hetero) is 1. The fraction of sp³-hybridized carbons (Fsp3) is 0.304. The van der Waals surface area contributed by atoms with E-state index in [2.05, 4.69) is 5.32 Å². The topological polar surface area (TPSA) is 55.4 Å². The van der Waals surface area contributed by atoms with Gasteiger partial charge in [0.25, 0.3) is 0 Å². The van der Waals surface area contributed by atoms with Crippen LogP contribution in [0.5, 0.6) is 5.75 Å². The van der Waals surface area contributed by atoms with Crippen molar-refractivity contribution in [3.05, 3.63) is 76.5 Å². The number of hydrogen-bond acceptors (Lipinski definition) is 3. The number of carbonyl (C=O) groups excluding carboxylic acids is 2. The van der Waals surface area contributed by atoms with Gasteiger partial charge in [-0.2, -0.15) is 13.2 Å². The number of alkyl halides is 3. The maximum atomic E-state index is 13.6. The van der Waals surface area contributed by atoms with Crippen LogP contribution in [0.2, 0.25) is 0 Å². The van der Waals surface area contributed by atoms with Gasteiger partial charge >= 0.3 is 6.18 Å². The Balaban J connectivity index is 1.75. The average Bonchev–Trinajstić information content (AvgIpc) is 2.72. The zero-order valence-electron chi connectivity index (χ0n) is 16.3. The number of halogens is 3. The fourth-order valence-electron chi connectivity index (χ4n) is 4.42. The van der Waals surface area contributed by atoms with Gasteiger partial charge in [0.1, 0.15) is 5.75 Å². The third kappa shape index (κ3) is 3.72. The van der Waals surface area contributed by atoms with Gasteiger partial charge in [-0.3, -0.25) is 9.59 Å². The zero-order valence-corrected chi connectivity index (χ0v) is 16.3. The van der Waals surface area contributed by atoms with E-state index in [0.717, 1.165) is 11.6 Å². The second-order valence-corrected chi connectivity index (χ2v) is 7.59. The van der Waals surface area contributed by atoms with Crippen molar-refractivity contribution < 1.29 is 27.5 Å². The normalized spacial score (nSPS) is 21.9. The molecule has 0 spiro atoms. The van der Waals surface area contributed by atoms with E-state index in [1.807, 2.05) is 18.2 Å². The summed E-state index contributed by atoms with van der Waals surface area (Å²) < 4.78 is 45.9. The van der Waals surface area contributed by atoms with Crippen LogP contribution in [0.1, 0.15) is 47.8 Å². The largest absolute Gasteiger partial charge is 0.497 e. The summed E-state index contributed by atoms with van der Waals surface area (Å²) in [5.41, 5.74) is 0.781.